The Hall–Kier alpha value is -1.09. The van der Waals surface area contributed by atoms with Crippen LogP contribution in [0.25, 0.3) is 0 Å². The molecule has 0 radical (unpaired) electrons. The first-order valence-corrected chi connectivity index (χ1v) is 6.80. The van der Waals surface area contributed by atoms with Gasteiger partial charge in [0, 0.05) is 0 Å². The molecule has 1 aromatic heterocycles. The molecule has 0 bridgehead atoms. The minimum absolute atomic E-state index is 0.214. The van der Waals surface area contributed by atoms with Gasteiger partial charge in [-0.1, -0.05) is 6.92 Å². The molecule has 0 spiro atoms. The predicted octanol–water partition coefficient (Wildman–Crippen LogP) is -0.0716. The van der Waals surface area contributed by atoms with E-state index in [1.165, 1.54) is 6.92 Å². The Bertz CT molecular complexity index is 549. The molecule has 0 unspecified atom stereocenters. The van der Waals surface area contributed by atoms with Crippen molar-refractivity contribution >= 4 is 20.1 Å². The number of hydrogen-bond donors (Lipinski definition) is 0. The van der Waals surface area contributed by atoms with Crippen LogP contribution in [0.4, 0.5) is 3.89 Å². The van der Waals surface area contributed by atoms with Gasteiger partial charge in [-0.05, 0) is 0 Å². The molecule has 0 N–H and O–H groups in total. The second-order valence-electron chi connectivity index (χ2n) is 2.54. The van der Waals surface area contributed by atoms with Gasteiger partial charge in [0.2, 0.25) is 15.0 Å². The summed E-state index contributed by atoms with van der Waals surface area (Å²) in [4.78, 5) is 5.77. The van der Waals surface area contributed by atoms with Crippen LogP contribution in [0.2, 0.25) is 0 Å². The molecule has 0 aromatic carbocycles. The fourth-order valence-electron chi connectivity index (χ4n) is 0.720. The Labute approximate surface area is 86.3 Å². The van der Waals surface area contributed by atoms with Crippen molar-refractivity contribution in [3.05, 3.63) is 12.4 Å². The maximum absolute atomic E-state index is 12.4. The normalized spacial score (nSPS) is 12.7. The largest absolute Gasteiger partial charge is 0.335 e. The van der Waals surface area contributed by atoms with Gasteiger partial charge < -0.3 is 0 Å². The number of hydrogen-bond acceptors (Lipinski definition) is 6. The Morgan fingerprint density at radius 2 is 1.67 bits per heavy atom. The number of halogens is 1. The monoisotopic (exact) mass is 254 g/mol. The van der Waals surface area contributed by atoms with E-state index >= 15 is 0 Å². The van der Waals surface area contributed by atoms with Crippen molar-refractivity contribution in [2.24, 2.45) is 0 Å². The zero-order chi connectivity index (χ0) is 11.7. The molecular weight excluding hydrogens is 247 g/mol. The van der Waals surface area contributed by atoms with Crippen molar-refractivity contribution in [2.75, 3.05) is 5.75 Å². The third-order valence-electron chi connectivity index (χ3n) is 1.54. The first-order chi connectivity index (χ1) is 6.77. The molecule has 0 saturated heterocycles. The lowest BCUT2D eigenvalue weighted by atomic mass is 10.7. The van der Waals surface area contributed by atoms with Crippen LogP contribution in [0, 0.1) is 0 Å². The molecule has 0 fully saturated rings. The first kappa shape index (κ1) is 12.0. The quantitative estimate of drug-likeness (QED) is 0.553. The lowest BCUT2D eigenvalue weighted by Crippen LogP contribution is -2.09. The Balaban J connectivity index is 3.24. The van der Waals surface area contributed by atoms with Crippen LogP contribution in [-0.4, -0.2) is 32.6 Å². The summed E-state index contributed by atoms with van der Waals surface area (Å²) >= 11 is 0. The van der Waals surface area contributed by atoms with E-state index in [1.54, 1.807) is 0 Å². The average molecular weight is 254 g/mol. The zero-order valence-corrected chi connectivity index (χ0v) is 9.22. The number of sulfone groups is 1. The number of aromatic nitrogens is 2. The van der Waals surface area contributed by atoms with E-state index in [4.69, 9.17) is 0 Å². The molecule has 84 valence electrons. The molecule has 0 aliphatic rings. The fraction of sp³-hybridized carbons (Fsp3) is 0.333. The van der Waals surface area contributed by atoms with Crippen molar-refractivity contribution in [1.82, 2.24) is 9.97 Å². The number of nitrogens with zero attached hydrogens (tertiary/aromatic N) is 2. The van der Waals surface area contributed by atoms with Crippen LogP contribution in [0.5, 0.6) is 0 Å². The van der Waals surface area contributed by atoms with Gasteiger partial charge >= 0.3 is 10.2 Å². The molecule has 0 saturated carbocycles. The molecule has 0 aliphatic carbocycles. The summed E-state index contributed by atoms with van der Waals surface area (Å²) in [6.07, 6.45) is 1.23. The summed E-state index contributed by atoms with van der Waals surface area (Å²) in [6, 6.07) is 0. The highest BCUT2D eigenvalue weighted by Crippen LogP contribution is 2.11. The second-order valence-corrected chi connectivity index (χ2v) is 6.06. The van der Waals surface area contributed by atoms with Crippen LogP contribution < -0.4 is 0 Å². The van der Waals surface area contributed by atoms with Crippen molar-refractivity contribution in [3.63, 3.8) is 0 Å². The summed E-state index contributed by atoms with van der Waals surface area (Å²) in [5.41, 5.74) is 0. The van der Waals surface area contributed by atoms with Crippen LogP contribution in [0.3, 0.4) is 0 Å². The molecule has 1 aromatic rings. The van der Waals surface area contributed by atoms with E-state index in [-0.39, 0.29) is 5.75 Å². The highest BCUT2D eigenvalue weighted by molar-refractivity contribution is 7.91. The van der Waals surface area contributed by atoms with E-state index in [2.05, 4.69) is 9.97 Å². The van der Waals surface area contributed by atoms with Gasteiger partial charge in [0.15, 0.2) is 0 Å². The third kappa shape index (κ3) is 2.69. The lowest BCUT2D eigenvalue weighted by Gasteiger charge is -1.98. The van der Waals surface area contributed by atoms with Gasteiger partial charge in [0.1, 0.15) is 4.90 Å². The van der Waals surface area contributed by atoms with Gasteiger partial charge in [-0.15, -0.1) is 3.89 Å². The van der Waals surface area contributed by atoms with Gasteiger partial charge in [-0.25, -0.2) is 18.4 Å². The van der Waals surface area contributed by atoms with Crippen LogP contribution in [0.1, 0.15) is 6.92 Å². The molecule has 15 heavy (non-hydrogen) atoms. The van der Waals surface area contributed by atoms with Crippen LogP contribution >= 0.6 is 0 Å². The summed E-state index contributed by atoms with van der Waals surface area (Å²) in [7, 11) is -8.49. The van der Waals surface area contributed by atoms with Gasteiger partial charge in [0.05, 0.1) is 18.1 Å². The van der Waals surface area contributed by atoms with E-state index in [1.807, 2.05) is 0 Å². The lowest BCUT2D eigenvalue weighted by molar-refractivity contribution is 0.549. The zero-order valence-electron chi connectivity index (χ0n) is 7.58. The topological polar surface area (TPSA) is 94.1 Å². The van der Waals surface area contributed by atoms with Crippen molar-refractivity contribution < 1.29 is 20.7 Å². The van der Waals surface area contributed by atoms with Crippen molar-refractivity contribution in [1.29, 1.82) is 0 Å². The molecule has 1 heterocycles. The summed E-state index contributed by atoms with van der Waals surface area (Å²) in [6.45, 7) is 1.39. The highest BCUT2D eigenvalue weighted by Gasteiger charge is 2.18. The predicted molar refractivity (Wildman–Crippen MR) is 48.1 cm³/mol. The standard InChI is InChI=1S/C6H7FN2O4S2/c1-2-14(10,11)6-8-3-5(4-9-6)15(7,12)13/h3-4H,2H2,1H3. The first-order valence-electron chi connectivity index (χ1n) is 3.77. The second kappa shape index (κ2) is 3.81. The Morgan fingerprint density at radius 3 is 2.00 bits per heavy atom. The maximum atomic E-state index is 12.4. The van der Waals surface area contributed by atoms with E-state index in [0.29, 0.717) is 12.4 Å². The SMILES string of the molecule is CCS(=O)(=O)c1ncc(S(=O)(=O)F)cn1. The average Bonchev–Trinajstić information content (AvgIpc) is 2.17. The van der Waals surface area contributed by atoms with Gasteiger partial charge in [0.25, 0.3) is 0 Å². The third-order valence-corrected chi connectivity index (χ3v) is 3.85. The van der Waals surface area contributed by atoms with Crippen LogP contribution in [0.15, 0.2) is 22.4 Å². The van der Waals surface area contributed by atoms with Crippen molar-refractivity contribution in [3.8, 4) is 0 Å². The molecule has 0 atom stereocenters. The van der Waals surface area contributed by atoms with E-state index < -0.39 is 30.1 Å². The minimum Gasteiger partial charge on any atom is -0.225 e. The summed E-state index contributed by atoms with van der Waals surface area (Å²) < 4.78 is 55.5. The Morgan fingerprint density at radius 1 is 1.20 bits per heavy atom. The summed E-state index contributed by atoms with van der Waals surface area (Å²) in [5, 5.41) is -0.516. The Kier molecular flexibility index (Phi) is 3.05. The van der Waals surface area contributed by atoms with E-state index in [0.717, 1.165) is 0 Å². The molecule has 6 nitrogen and oxygen atoms in total. The minimum atomic E-state index is -4.89. The van der Waals surface area contributed by atoms with Crippen LogP contribution in [-0.2, 0) is 20.1 Å². The molecule has 1 rings (SSSR count). The van der Waals surface area contributed by atoms with Gasteiger partial charge in [-0.2, -0.15) is 8.42 Å². The highest BCUT2D eigenvalue weighted by atomic mass is 32.3. The van der Waals surface area contributed by atoms with Crippen molar-refractivity contribution in [2.45, 2.75) is 17.0 Å². The fourth-order valence-corrected chi connectivity index (χ4v) is 1.76. The maximum Gasteiger partial charge on any atom is 0.335 e. The van der Waals surface area contributed by atoms with Gasteiger partial charge in [-0.3, -0.25) is 0 Å². The molecular formula is C6H7FN2O4S2. The molecule has 0 amide bonds. The molecule has 0 aliphatic heterocycles. The smallest absolute Gasteiger partial charge is 0.225 e. The summed E-state index contributed by atoms with van der Waals surface area (Å²) in [5.74, 6) is -0.214. The molecule has 9 heteroatoms. The number of rotatable bonds is 3. The van der Waals surface area contributed by atoms with E-state index in [9.17, 15) is 20.7 Å².